The third-order valence-electron chi connectivity index (χ3n) is 3.99. The molecular formula is C19H28N4S. The summed E-state index contributed by atoms with van der Waals surface area (Å²) < 4.78 is 0. The molecule has 0 spiro atoms. The molecule has 1 heterocycles. The molecule has 24 heavy (non-hydrogen) atoms. The van der Waals surface area contributed by atoms with Gasteiger partial charge in [0.2, 0.25) is 0 Å². The Morgan fingerprint density at radius 3 is 2.54 bits per heavy atom. The Hall–Kier alpha value is -1.88. The van der Waals surface area contributed by atoms with Gasteiger partial charge in [0.25, 0.3) is 0 Å². The zero-order valence-electron chi connectivity index (χ0n) is 15.1. The number of thiazole rings is 1. The largest absolute Gasteiger partial charge is 0.356 e. The van der Waals surface area contributed by atoms with Gasteiger partial charge in [0.05, 0.1) is 5.01 Å². The number of nitrogens with zero attached hydrogens (tertiary/aromatic N) is 2. The van der Waals surface area contributed by atoms with Crippen LogP contribution in [0.15, 0.2) is 29.4 Å². The van der Waals surface area contributed by atoms with Crippen molar-refractivity contribution in [2.24, 2.45) is 4.99 Å². The predicted octanol–water partition coefficient (Wildman–Crippen LogP) is 3.27. The Balaban J connectivity index is 1.72. The molecule has 0 atom stereocenters. The van der Waals surface area contributed by atoms with E-state index >= 15 is 0 Å². The predicted molar refractivity (Wildman–Crippen MR) is 104 cm³/mol. The van der Waals surface area contributed by atoms with Crippen LogP contribution in [-0.4, -0.2) is 31.1 Å². The minimum Gasteiger partial charge on any atom is -0.356 e. The van der Waals surface area contributed by atoms with Gasteiger partial charge in [-0.1, -0.05) is 30.7 Å². The van der Waals surface area contributed by atoms with Crippen molar-refractivity contribution in [2.45, 2.75) is 40.0 Å². The van der Waals surface area contributed by atoms with E-state index < -0.39 is 0 Å². The second-order valence-electron chi connectivity index (χ2n) is 5.93. The highest BCUT2D eigenvalue weighted by molar-refractivity contribution is 7.11. The standard InChI is InChI=1S/C19H28N4S/c1-5-17-13-23-18(24-17)9-11-22-19(20-4)21-10-8-16-7-6-14(2)12-15(16)3/h6-7,12-13H,5,8-11H2,1-4H3,(H2,20,21,22). The Morgan fingerprint density at radius 2 is 1.92 bits per heavy atom. The molecule has 0 unspecified atom stereocenters. The van der Waals surface area contributed by atoms with Crippen molar-refractivity contribution in [1.29, 1.82) is 0 Å². The Bertz CT molecular complexity index is 676. The summed E-state index contributed by atoms with van der Waals surface area (Å²) in [4.78, 5) is 10.1. The zero-order chi connectivity index (χ0) is 17.4. The molecular weight excluding hydrogens is 316 g/mol. The number of aryl methyl sites for hydroxylation is 3. The first-order valence-electron chi connectivity index (χ1n) is 8.56. The van der Waals surface area contributed by atoms with Gasteiger partial charge in [-0.15, -0.1) is 11.3 Å². The van der Waals surface area contributed by atoms with Crippen LogP contribution in [0.25, 0.3) is 0 Å². The third-order valence-corrected chi connectivity index (χ3v) is 5.19. The second-order valence-corrected chi connectivity index (χ2v) is 7.13. The van der Waals surface area contributed by atoms with Gasteiger partial charge in [-0.05, 0) is 37.8 Å². The molecule has 2 N–H and O–H groups in total. The van der Waals surface area contributed by atoms with Crippen LogP contribution in [0.4, 0.5) is 0 Å². The van der Waals surface area contributed by atoms with E-state index in [1.54, 1.807) is 11.3 Å². The summed E-state index contributed by atoms with van der Waals surface area (Å²) in [6.07, 6.45) is 4.98. The molecule has 0 aliphatic heterocycles. The van der Waals surface area contributed by atoms with Crippen LogP contribution in [0.3, 0.4) is 0 Å². The van der Waals surface area contributed by atoms with Crippen LogP contribution >= 0.6 is 11.3 Å². The van der Waals surface area contributed by atoms with Gasteiger partial charge in [-0.3, -0.25) is 4.99 Å². The molecule has 0 aliphatic carbocycles. The van der Waals surface area contributed by atoms with E-state index in [2.05, 4.69) is 59.6 Å². The molecule has 0 bridgehead atoms. The van der Waals surface area contributed by atoms with Crippen molar-refractivity contribution in [3.63, 3.8) is 0 Å². The van der Waals surface area contributed by atoms with Crippen LogP contribution in [0.1, 0.15) is 33.5 Å². The highest BCUT2D eigenvalue weighted by atomic mass is 32.1. The van der Waals surface area contributed by atoms with Crippen molar-refractivity contribution in [2.75, 3.05) is 20.1 Å². The fourth-order valence-corrected chi connectivity index (χ4v) is 3.44. The summed E-state index contributed by atoms with van der Waals surface area (Å²) in [5.41, 5.74) is 4.06. The molecule has 0 amide bonds. The maximum atomic E-state index is 4.45. The molecule has 2 aromatic rings. The average Bonchev–Trinajstić information content (AvgIpc) is 3.03. The van der Waals surface area contributed by atoms with E-state index in [9.17, 15) is 0 Å². The van der Waals surface area contributed by atoms with E-state index in [0.717, 1.165) is 38.3 Å². The third kappa shape index (κ3) is 5.64. The Kier molecular flexibility index (Phi) is 7.25. The minimum absolute atomic E-state index is 0.847. The number of rotatable bonds is 7. The molecule has 0 aliphatic rings. The number of aromatic nitrogens is 1. The van der Waals surface area contributed by atoms with Gasteiger partial charge in [-0.25, -0.2) is 4.98 Å². The summed E-state index contributed by atoms with van der Waals surface area (Å²) >= 11 is 1.80. The summed E-state index contributed by atoms with van der Waals surface area (Å²) in [5.74, 6) is 0.854. The lowest BCUT2D eigenvalue weighted by atomic mass is 10.0. The van der Waals surface area contributed by atoms with E-state index in [4.69, 9.17) is 0 Å². The number of guanidine groups is 1. The highest BCUT2D eigenvalue weighted by Crippen LogP contribution is 2.13. The van der Waals surface area contributed by atoms with E-state index in [1.807, 2.05) is 13.2 Å². The quantitative estimate of drug-likeness (QED) is 0.599. The molecule has 130 valence electrons. The molecule has 0 fully saturated rings. The molecule has 0 saturated heterocycles. The monoisotopic (exact) mass is 344 g/mol. The van der Waals surface area contributed by atoms with Gasteiger partial charge < -0.3 is 10.6 Å². The fraction of sp³-hybridized carbons (Fsp3) is 0.474. The zero-order valence-corrected chi connectivity index (χ0v) is 16.0. The molecule has 4 nitrogen and oxygen atoms in total. The summed E-state index contributed by atoms with van der Waals surface area (Å²) in [7, 11) is 1.81. The number of aliphatic imine (C=N–C) groups is 1. The lowest BCUT2D eigenvalue weighted by molar-refractivity contribution is 0.780. The first-order chi connectivity index (χ1) is 11.6. The van der Waals surface area contributed by atoms with Gasteiger partial charge in [0, 0.05) is 37.6 Å². The lowest BCUT2D eigenvalue weighted by Crippen LogP contribution is -2.39. The van der Waals surface area contributed by atoms with Crippen LogP contribution < -0.4 is 10.6 Å². The maximum Gasteiger partial charge on any atom is 0.191 e. The first kappa shape index (κ1) is 18.5. The fourth-order valence-electron chi connectivity index (χ4n) is 2.58. The SMILES string of the molecule is CCc1cnc(CCNC(=NC)NCCc2ccc(C)cc2C)s1. The number of hydrogen-bond acceptors (Lipinski definition) is 3. The molecule has 5 heteroatoms. The van der Waals surface area contributed by atoms with E-state index in [1.165, 1.54) is 26.6 Å². The first-order valence-corrected chi connectivity index (χ1v) is 9.38. The lowest BCUT2D eigenvalue weighted by Gasteiger charge is -2.12. The smallest absolute Gasteiger partial charge is 0.191 e. The highest BCUT2D eigenvalue weighted by Gasteiger charge is 2.03. The van der Waals surface area contributed by atoms with E-state index in [0.29, 0.717) is 0 Å². The van der Waals surface area contributed by atoms with Crippen molar-refractivity contribution in [1.82, 2.24) is 15.6 Å². The number of hydrogen-bond donors (Lipinski definition) is 2. The number of benzene rings is 1. The molecule has 1 aromatic carbocycles. The van der Waals surface area contributed by atoms with Gasteiger partial charge >= 0.3 is 0 Å². The summed E-state index contributed by atoms with van der Waals surface area (Å²) in [6, 6.07) is 6.63. The molecule has 2 rings (SSSR count). The van der Waals surface area contributed by atoms with Crippen molar-refractivity contribution in [3.05, 3.63) is 51.0 Å². The van der Waals surface area contributed by atoms with Gasteiger partial charge in [0.1, 0.15) is 0 Å². The topological polar surface area (TPSA) is 49.3 Å². The molecule has 1 aromatic heterocycles. The second kappa shape index (κ2) is 9.42. The van der Waals surface area contributed by atoms with Gasteiger partial charge in [-0.2, -0.15) is 0 Å². The van der Waals surface area contributed by atoms with Gasteiger partial charge in [0.15, 0.2) is 5.96 Å². The Morgan fingerprint density at radius 1 is 1.17 bits per heavy atom. The van der Waals surface area contributed by atoms with Crippen LogP contribution in [0.2, 0.25) is 0 Å². The van der Waals surface area contributed by atoms with Crippen molar-refractivity contribution < 1.29 is 0 Å². The maximum absolute atomic E-state index is 4.45. The van der Waals surface area contributed by atoms with Crippen LogP contribution in [0.5, 0.6) is 0 Å². The molecule has 0 radical (unpaired) electrons. The van der Waals surface area contributed by atoms with Crippen LogP contribution in [0, 0.1) is 13.8 Å². The summed E-state index contributed by atoms with van der Waals surface area (Å²) in [6.45, 7) is 8.19. The average molecular weight is 345 g/mol. The van der Waals surface area contributed by atoms with Crippen molar-refractivity contribution >= 4 is 17.3 Å². The van der Waals surface area contributed by atoms with Crippen LogP contribution in [-0.2, 0) is 19.3 Å². The normalized spacial score (nSPS) is 11.6. The minimum atomic E-state index is 0.847. The van der Waals surface area contributed by atoms with Crippen molar-refractivity contribution in [3.8, 4) is 0 Å². The Labute approximate surface area is 149 Å². The van der Waals surface area contributed by atoms with E-state index in [-0.39, 0.29) is 0 Å². The number of nitrogens with one attached hydrogen (secondary N) is 2. The molecule has 0 saturated carbocycles. The summed E-state index contributed by atoms with van der Waals surface area (Å²) in [5, 5.41) is 7.93.